The molecule has 4 aromatic heterocycles. The van der Waals surface area contributed by atoms with Crippen LogP contribution in [-0.4, -0.2) is 216 Å². The van der Waals surface area contributed by atoms with Gasteiger partial charge in [-0.3, -0.25) is 58.0 Å². The van der Waals surface area contributed by atoms with Crippen molar-refractivity contribution < 1.29 is 77.9 Å². The van der Waals surface area contributed by atoms with Crippen LogP contribution in [0.2, 0.25) is 5.02 Å². The number of aromatic nitrogens is 8. The molecule has 0 saturated heterocycles. The minimum atomic E-state index is -1.30. The molecule has 28 nitrogen and oxygen atoms in total. The average Bonchev–Trinajstić information content (AvgIpc) is 1.63. The summed E-state index contributed by atoms with van der Waals surface area (Å²) in [7, 11) is 12.3. The molecule has 0 radical (unpaired) electrons. The van der Waals surface area contributed by atoms with Gasteiger partial charge >= 0.3 is 0 Å². The Morgan fingerprint density at radius 2 is 0.679 bits per heavy atom. The molecule has 0 fully saturated rings. The van der Waals surface area contributed by atoms with E-state index in [1.54, 1.807) is 42.0 Å². The number of benzene rings is 4. The zero-order valence-corrected chi connectivity index (χ0v) is 79.5. The Morgan fingerprint density at radius 1 is 0.374 bits per heavy atom. The molecule has 131 heavy (non-hydrogen) atoms. The number of alkyl halides is 1. The second kappa shape index (κ2) is 42.7. The van der Waals surface area contributed by atoms with Gasteiger partial charge in [0.2, 0.25) is 23.6 Å². The molecule has 8 amide bonds. The van der Waals surface area contributed by atoms with Gasteiger partial charge in [-0.15, -0.1) is 0 Å². The van der Waals surface area contributed by atoms with Crippen LogP contribution >= 0.6 is 11.6 Å². The highest BCUT2D eigenvalue weighted by Crippen LogP contribution is 2.38. The van der Waals surface area contributed by atoms with Crippen molar-refractivity contribution in [1.29, 1.82) is 0 Å². The van der Waals surface area contributed by atoms with Crippen LogP contribution in [0.1, 0.15) is 201 Å². The molecule has 4 aliphatic heterocycles. The monoisotopic (exact) mass is 1850 g/mol. The molecule has 0 saturated carbocycles. The van der Waals surface area contributed by atoms with E-state index in [1.807, 2.05) is 111 Å². The lowest BCUT2D eigenvalue weighted by molar-refractivity contribution is -0.126. The molecule has 4 unspecified atom stereocenters. The Bertz CT molecular complexity index is 5530. The number of rotatable bonds is 18. The van der Waals surface area contributed by atoms with Crippen molar-refractivity contribution in [2.45, 2.75) is 237 Å². The van der Waals surface area contributed by atoms with Crippen molar-refractivity contribution in [3.8, 4) is 45.6 Å². The lowest BCUT2D eigenvalue weighted by Crippen LogP contribution is -2.54. The van der Waals surface area contributed by atoms with Crippen LogP contribution in [0.3, 0.4) is 0 Å². The zero-order valence-electron chi connectivity index (χ0n) is 78.8. The summed E-state index contributed by atoms with van der Waals surface area (Å²) in [5.74, 6) is -9.77. The highest BCUT2D eigenvalue weighted by molar-refractivity contribution is 6.30. The van der Waals surface area contributed by atoms with Gasteiger partial charge in [-0.1, -0.05) is 94.7 Å². The van der Waals surface area contributed by atoms with Crippen LogP contribution in [0.15, 0.2) is 66.7 Å². The first-order valence-electron chi connectivity index (χ1n) is 43.6. The SMILES string of the molecule is CC1CCn2c(-c3ccc(F)c(F)c3)nc(C(=O)N[C@H](C(=O)NCCF)C(C)(C)C)c2CN1C.CNC(=O)[C@@H](NC(=O)c1nc(-c2cc(F)c(F)cc2F)n2c1CN(C)C(C)CC2)C(C)(C)C.CNC(=O)[C@@H](NC(=O)c1nc(-c2cc(F)ccc2F)n2c1CN(C)C(C)CC2)C(C)(C)C.CNC(=O)[C@@H](NC(=O)c1nc(-c2ccc(Cl)cc2F)n2c1CN(C)C(C)CC2)C(C)(C)C. The van der Waals surface area contributed by atoms with Crippen LogP contribution < -0.4 is 42.5 Å². The number of amides is 8. The number of hydrogen-bond donors (Lipinski definition) is 8. The number of carbonyl (C=O) groups excluding carboxylic acids is 8. The fourth-order valence-corrected chi connectivity index (χ4v) is 15.9. The standard InChI is InChI=1S/C24H32F3N5O2.C23H31ClFN5O2.C23H30F3N5O2.C23H31F2N5O2/c1-14-8-11-32-18(13-31(14)5)19(29-21(32)15-6-7-16(26)17(27)12-15)22(33)30-20(24(2,3)4)23(34)28-10-9-25;1-13-9-10-30-17(12-29(13)6)18(21(31)28-19(22(32)26-5)23(2,3)4)27-20(30)15-8-7-14(24)11-16(15)25;1-12-7-8-31-17(11-30(12)6)18(21(32)29-19(22(33)27-5)23(2,3)4)28-20(31)13-9-15(25)16(26)10-14(13)24;1-13-9-10-30-17(12-29(13)6)18(21(31)28-19(22(32)26-5)23(2,3)4)27-20(30)15-11-14(24)7-8-16(15)25/h6-7,12,14,20H,8-11,13H2,1-5H3,(H,28,34)(H,30,33);7-8,11,13,19H,9-10,12H2,1-6H3,(H,26,32)(H,28,31);9-10,12,19H,7-8,11H2,1-6H3,(H,27,33)(H,29,32);7-8,11,13,19H,9-10,12H2,1-6H3,(H,26,32)(H,28,31)/t14?,20-;13?,19-;12?,19-;13?,19-/m1111/s1. The molecule has 8 atom stereocenters. The molecule has 4 aliphatic rings. The maximum atomic E-state index is 14.8. The number of imidazole rings is 4. The van der Waals surface area contributed by atoms with E-state index in [1.165, 1.54) is 33.3 Å². The molecule has 0 aliphatic carbocycles. The van der Waals surface area contributed by atoms with E-state index < -0.39 is 129 Å². The molecule has 8 heterocycles. The van der Waals surface area contributed by atoms with Crippen molar-refractivity contribution in [3.63, 3.8) is 0 Å². The number of carbonyl (C=O) groups is 8. The number of likely N-dealkylation sites (N-methyl/N-ethyl adjacent to an activating group) is 3. The summed E-state index contributed by atoms with van der Waals surface area (Å²) in [6.07, 6.45) is 3.04. The van der Waals surface area contributed by atoms with Gasteiger partial charge in [-0.25, -0.2) is 59.4 Å². The summed E-state index contributed by atoms with van der Waals surface area (Å²) in [5, 5.41) is 21.7. The smallest absolute Gasteiger partial charge is 0.272 e. The number of halogens is 10. The first kappa shape index (κ1) is 104. The Kier molecular flexibility index (Phi) is 33.8. The summed E-state index contributed by atoms with van der Waals surface area (Å²) < 4.78 is 133. The second-order valence-corrected chi connectivity index (χ2v) is 38.7. The Balaban J connectivity index is 0.000000197. The van der Waals surface area contributed by atoms with Crippen molar-refractivity contribution >= 4 is 58.9 Å². The number of nitrogens with one attached hydrogen (secondary N) is 8. The van der Waals surface area contributed by atoms with Gasteiger partial charge < -0.3 is 60.8 Å². The predicted molar refractivity (Wildman–Crippen MR) is 482 cm³/mol. The molecule has 12 rings (SSSR count). The molecule has 38 heteroatoms. The minimum absolute atomic E-state index is 0.00109. The fraction of sp³-hybridized carbons (Fsp3) is 0.527. The molecular formula is C93H124ClF9N20O8. The lowest BCUT2D eigenvalue weighted by Gasteiger charge is -2.30. The van der Waals surface area contributed by atoms with Crippen molar-refractivity contribution in [2.24, 2.45) is 21.7 Å². The largest absolute Gasteiger partial charge is 0.357 e. The molecule has 0 bridgehead atoms. The molecule has 8 N–H and O–H groups in total. The topological polar surface area (TPSA) is 317 Å². The summed E-state index contributed by atoms with van der Waals surface area (Å²) in [6, 6.07) is 9.92. The van der Waals surface area contributed by atoms with E-state index in [4.69, 9.17) is 11.6 Å². The van der Waals surface area contributed by atoms with E-state index in [-0.39, 0.29) is 99.5 Å². The fourth-order valence-electron chi connectivity index (χ4n) is 15.7. The van der Waals surface area contributed by atoms with Gasteiger partial charge in [-0.05, 0) is 164 Å². The van der Waals surface area contributed by atoms with Crippen molar-refractivity contribution in [3.05, 3.63) is 164 Å². The van der Waals surface area contributed by atoms with Gasteiger partial charge in [0.25, 0.3) is 23.6 Å². The average molecular weight is 1860 g/mol. The predicted octanol–water partition coefficient (Wildman–Crippen LogP) is 12.8. The molecule has 4 aromatic carbocycles. The number of fused-ring (bicyclic) bond motifs is 4. The van der Waals surface area contributed by atoms with Crippen LogP contribution in [0, 0.1) is 68.2 Å². The van der Waals surface area contributed by atoms with Crippen LogP contribution in [0.5, 0.6) is 0 Å². The molecule has 0 spiro atoms. The maximum absolute atomic E-state index is 14.8. The summed E-state index contributed by atoms with van der Waals surface area (Å²) in [4.78, 5) is 130. The van der Waals surface area contributed by atoms with E-state index in [2.05, 4.69) is 97.9 Å². The van der Waals surface area contributed by atoms with Gasteiger partial charge in [0.1, 0.15) is 77.4 Å². The second-order valence-electron chi connectivity index (χ2n) is 38.3. The van der Waals surface area contributed by atoms with E-state index in [0.29, 0.717) is 110 Å². The summed E-state index contributed by atoms with van der Waals surface area (Å²) in [6.45, 7) is 33.1. The first-order chi connectivity index (χ1) is 61.1. The summed E-state index contributed by atoms with van der Waals surface area (Å²) >= 11 is 5.94. The lowest BCUT2D eigenvalue weighted by atomic mass is 9.86. The first-order valence-corrected chi connectivity index (χ1v) is 44.0. The van der Waals surface area contributed by atoms with E-state index in [0.717, 1.165) is 55.7 Å². The van der Waals surface area contributed by atoms with Crippen LogP contribution in [-0.2, 0) is 71.5 Å². The third kappa shape index (κ3) is 24.5. The van der Waals surface area contributed by atoms with E-state index >= 15 is 0 Å². The van der Waals surface area contributed by atoms with Gasteiger partial charge in [0.15, 0.2) is 46.0 Å². The van der Waals surface area contributed by atoms with Gasteiger partial charge in [-0.2, -0.15) is 0 Å². The Hall–Kier alpha value is -11.0. The van der Waals surface area contributed by atoms with Crippen molar-refractivity contribution in [2.75, 3.05) is 62.6 Å². The van der Waals surface area contributed by atoms with Crippen LogP contribution in [0.4, 0.5) is 39.5 Å². The van der Waals surface area contributed by atoms with Gasteiger partial charge in [0.05, 0.1) is 39.5 Å². The quantitative estimate of drug-likeness (QED) is 0.0292. The maximum Gasteiger partial charge on any atom is 0.272 e. The molecule has 8 aromatic rings. The summed E-state index contributed by atoms with van der Waals surface area (Å²) in [5.41, 5.74) is 1.01. The molecular weight excluding hydrogens is 1730 g/mol. The number of hydrogen-bond acceptors (Lipinski definition) is 16. The van der Waals surface area contributed by atoms with E-state index in [9.17, 15) is 77.9 Å². The highest BCUT2D eigenvalue weighted by atomic mass is 35.5. The third-order valence-corrected chi connectivity index (χ3v) is 24.6. The zero-order chi connectivity index (χ0) is 97.5. The number of nitrogens with zero attached hydrogens (tertiary/aromatic N) is 12. The van der Waals surface area contributed by atoms with Gasteiger partial charge in [0, 0.05) is 121 Å². The highest BCUT2D eigenvalue weighted by Gasteiger charge is 2.42. The third-order valence-electron chi connectivity index (χ3n) is 24.4. The normalized spacial score (nSPS) is 17.8. The van der Waals surface area contributed by atoms with Crippen molar-refractivity contribution in [1.82, 2.24) is 100 Å². The van der Waals surface area contributed by atoms with Crippen LogP contribution in [0.25, 0.3) is 45.6 Å². The Morgan fingerprint density at radius 3 is 1.02 bits per heavy atom. The minimum Gasteiger partial charge on any atom is -0.357 e. The molecule has 714 valence electrons. The Labute approximate surface area is 764 Å².